The summed E-state index contributed by atoms with van der Waals surface area (Å²) in [6.07, 6.45) is 11.6. The molecular weight excluding hydrogens is 387 g/mol. The Morgan fingerprint density at radius 2 is 2.09 bits per heavy atom. The SMILES string of the molecule is CC12CC(=O)C3I(CCC4CCCCC43C)C1CC=C2C=O. The van der Waals surface area contributed by atoms with Gasteiger partial charge < -0.3 is 0 Å². The first-order chi connectivity index (χ1) is 10.5. The number of carbonyl (C=O) groups excluding carboxylic acids is 2. The number of Topliss-reactive ketones (excluding diaryl/α,β-unsaturated/α-hetero) is 1. The van der Waals surface area contributed by atoms with Crippen LogP contribution in [0.2, 0.25) is 0 Å². The van der Waals surface area contributed by atoms with E-state index >= 15 is 0 Å². The number of fused-ring (bicyclic) bond motifs is 5. The van der Waals surface area contributed by atoms with Crippen molar-refractivity contribution < 1.29 is 9.59 Å². The van der Waals surface area contributed by atoms with Crippen LogP contribution >= 0.6 is 19.8 Å². The van der Waals surface area contributed by atoms with Gasteiger partial charge >= 0.3 is 141 Å². The molecular formula is C19H27IO2. The fraction of sp³-hybridized carbons (Fsp3) is 0.789. The number of ketones is 1. The van der Waals surface area contributed by atoms with Gasteiger partial charge in [-0.2, -0.15) is 0 Å². The number of allylic oxidation sites excluding steroid dienone is 2. The van der Waals surface area contributed by atoms with Gasteiger partial charge in [0.05, 0.1) is 0 Å². The van der Waals surface area contributed by atoms with Crippen LogP contribution < -0.4 is 0 Å². The van der Waals surface area contributed by atoms with Crippen LogP contribution in [0.5, 0.6) is 0 Å². The third-order valence-electron chi connectivity index (χ3n) is 7.17. The third kappa shape index (κ3) is 1.90. The summed E-state index contributed by atoms with van der Waals surface area (Å²) >= 11 is -1.35. The molecule has 0 bridgehead atoms. The van der Waals surface area contributed by atoms with Gasteiger partial charge in [-0.05, 0) is 0 Å². The summed E-state index contributed by atoms with van der Waals surface area (Å²) < 4.78 is 2.47. The second kappa shape index (κ2) is 5.15. The molecule has 0 spiro atoms. The fourth-order valence-corrected chi connectivity index (χ4v) is 16.6. The first-order valence-electron chi connectivity index (χ1n) is 8.82. The number of aldehydes is 1. The fourth-order valence-electron chi connectivity index (χ4n) is 5.91. The van der Waals surface area contributed by atoms with Crippen molar-refractivity contribution >= 4 is 31.9 Å². The van der Waals surface area contributed by atoms with Crippen LogP contribution in [-0.4, -0.2) is 24.3 Å². The van der Waals surface area contributed by atoms with Crippen LogP contribution in [0.25, 0.3) is 0 Å². The summed E-state index contributed by atoms with van der Waals surface area (Å²) in [4.78, 5) is 24.7. The molecule has 0 aromatic carbocycles. The van der Waals surface area contributed by atoms with E-state index in [2.05, 4.69) is 19.9 Å². The molecule has 0 amide bonds. The van der Waals surface area contributed by atoms with E-state index in [0.29, 0.717) is 25.5 Å². The molecule has 4 aliphatic rings. The molecule has 2 aliphatic carbocycles. The predicted octanol–water partition coefficient (Wildman–Crippen LogP) is 4.34. The van der Waals surface area contributed by atoms with Crippen LogP contribution in [0.15, 0.2) is 11.6 Å². The first kappa shape index (κ1) is 15.3. The summed E-state index contributed by atoms with van der Waals surface area (Å²) in [6, 6.07) is 0. The minimum atomic E-state index is -1.35. The van der Waals surface area contributed by atoms with Gasteiger partial charge in [-0.15, -0.1) is 0 Å². The van der Waals surface area contributed by atoms with Crippen molar-refractivity contribution in [3.05, 3.63) is 11.6 Å². The number of halogens is 1. The van der Waals surface area contributed by atoms with Crippen LogP contribution in [0.1, 0.15) is 58.8 Å². The van der Waals surface area contributed by atoms with Gasteiger partial charge in [-0.25, -0.2) is 0 Å². The van der Waals surface area contributed by atoms with E-state index in [4.69, 9.17) is 0 Å². The number of carbonyl (C=O) groups is 2. The molecule has 0 aromatic heterocycles. The van der Waals surface area contributed by atoms with E-state index in [-0.39, 0.29) is 5.41 Å². The van der Waals surface area contributed by atoms with Crippen molar-refractivity contribution in [2.24, 2.45) is 16.7 Å². The average molecular weight is 414 g/mol. The van der Waals surface area contributed by atoms with Crippen LogP contribution in [0, 0.1) is 16.7 Å². The van der Waals surface area contributed by atoms with Crippen LogP contribution in [0.3, 0.4) is 0 Å². The molecule has 1 saturated carbocycles. The monoisotopic (exact) mass is 414 g/mol. The Kier molecular flexibility index (Phi) is 3.59. The first-order valence-corrected chi connectivity index (χ1v) is 12.8. The summed E-state index contributed by atoms with van der Waals surface area (Å²) in [5.74, 6) is 1.33. The predicted molar refractivity (Wildman–Crippen MR) is 97.6 cm³/mol. The molecule has 2 saturated heterocycles. The quantitative estimate of drug-likeness (QED) is 0.364. The van der Waals surface area contributed by atoms with Crippen molar-refractivity contribution in [2.45, 2.75) is 66.6 Å². The Morgan fingerprint density at radius 3 is 2.86 bits per heavy atom. The Morgan fingerprint density at radius 1 is 1.27 bits per heavy atom. The Bertz CT molecular complexity index is 554. The molecule has 5 atom stereocenters. The van der Waals surface area contributed by atoms with E-state index in [9.17, 15) is 9.59 Å². The maximum atomic E-state index is 13.2. The molecule has 0 radical (unpaired) electrons. The van der Waals surface area contributed by atoms with Crippen molar-refractivity contribution in [1.82, 2.24) is 0 Å². The molecule has 2 heterocycles. The summed E-state index contributed by atoms with van der Waals surface area (Å²) in [5.41, 5.74) is 1.15. The molecule has 5 unspecified atom stereocenters. The van der Waals surface area contributed by atoms with E-state index in [1.807, 2.05) is 0 Å². The zero-order chi connectivity index (χ0) is 15.5. The Hall–Kier alpha value is -0.190. The normalized spacial score (nSPS) is 49.0. The van der Waals surface area contributed by atoms with Gasteiger partial charge in [-0.1, -0.05) is 0 Å². The number of hydrogen-bond acceptors (Lipinski definition) is 2. The minimum absolute atomic E-state index is 0.0992. The number of rotatable bonds is 1. The molecule has 0 N–H and O–H groups in total. The van der Waals surface area contributed by atoms with E-state index in [1.54, 1.807) is 0 Å². The summed E-state index contributed by atoms with van der Waals surface area (Å²) in [7, 11) is 0. The zero-order valence-electron chi connectivity index (χ0n) is 13.7. The van der Waals surface area contributed by atoms with Gasteiger partial charge in [0.25, 0.3) is 0 Å². The van der Waals surface area contributed by atoms with Gasteiger partial charge in [0.2, 0.25) is 0 Å². The molecule has 22 heavy (non-hydrogen) atoms. The molecule has 0 aromatic rings. The molecule has 3 heteroatoms. The van der Waals surface area contributed by atoms with Crippen LogP contribution in [0.4, 0.5) is 0 Å². The van der Waals surface area contributed by atoms with Crippen molar-refractivity contribution in [2.75, 3.05) is 4.43 Å². The Balaban J connectivity index is 1.72. The topological polar surface area (TPSA) is 34.1 Å². The van der Waals surface area contributed by atoms with E-state index in [1.165, 1.54) is 36.5 Å². The second-order valence-corrected chi connectivity index (χ2v) is 14.6. The number of hydrogen-bond donors (Lipinski definition) is 0. The van der Waals surface area contributed by atoms with Gasteiger partial charge in [0.1, 0.15) is 0 Å². The van der Waals surface area contributed by atoms with Gasteiger partial charge in [-0.3, -0.25) is 0 Å². The van der Waals surface area contributed by atoms with E-state index in [0.717, 1.165) is 24.2 Å². The van der Waals surface area contributed by atoms with Crippen LogP contribution in [-0.2, 0) is 9.59 Å². The van der Waals surface area contributed by atoms with Crippen molar-refractivity contribution in [3.8, 4) is 0 Å². The summed E-state index contributed by atoms with van der Waals surface area (Å²) in [6.45, 7) is 4.67. The zero-order valence-corrected chi connectivity index (χ0v) is 15.9. The molecule has 4 rings (SSSR count). The average Bonchev–Trinajstić information content (AvgIpc) is 2.82. The van der Waals surface area contributed by atoms with Gasteiger partial charge in [0, 0.05) is 0 Å². The van der Waals surface area contributed by atoms with Crippen molar-refractivity contribution in [1.29, 1.82) is 0 Å². The summed E-state index contributed by atoms with van der Waals surface area (Å²) in [5, 5.41) is 0. The number of alkyl halides is 3. The molecule has 2 nitrogen and oxygen atoms in total. The molecule has 2 aliphatic heterocycles. The van der Waals surface area contributed by atoms with Crippen molar-refractivity contribution in [3.63, 3.8) is 0 Å². The Labute approximate surface area is 140 Å². The maximum absolute atomic E-state index is 13.2. The molecule has 3 fully saturated rings. The van der Waals surface area contributed by atoms with Gasteiger partial charge in [0.15, 0.2) is 0 Å². The second-order valence-electron chi connectivity index (χ2n) is 8.26. The third-order valence-corrected chi connectivity index (χ3v) is 16.6. The molecule has 122 valence electrons. The van der Waals surface area contributed by atoms with E-state index < -0.39 is 19.8 Å². The standard InChI is InChI=1S/C19H27IO2/c1-18-9-4-3-5-13(18)8-10-20-16-7-6-14(12-21)19(16,2)11-15(22)17(18)20/h6,12-13,16-17H,3-5,7-11H2,1-2H3.